The lowest BCUT2D eigenvalue weighted by Gasteiger charge is -2.30. The predicted molar refractivity (Wildman–Crippen MR) is 89.2 cm³/mol. The van der Waals surface area contributed by atoms with Gasteiger partial charge in [-0.25, -0.2) is 9.97 Å². The molecule has 1 aromatic heterocycles. The molecule has 21 heavy (non-hydrogen) atoms. The van der Waals surface area contributed by atoms with Crippen molar-refractivity contribution < 1.29 is 4.74 Å². The summed E-state index contributed by atoms with van der Waals surface area (Å²) in [7, 11) is 1.74. The highest BCUT2D eigenvalue weighted by Gasteiger charge is 2.16. The van der Waals surface area contributed by atoms with Crippen LogP contribution in [0.2, 0.25) is 0 Å². The molecular formula is C16H30N4O. The quantitative estimate of drug-likeness (QED) is 0.718. The summed E-state index contributed by atoms with van der Waals surface area (Å²) in [5.74, 6) is 2.82. The Morgan fingerprint density at radius 1 is 1.29 bits per heavy atom. The molecular weight excluding hydrogens is 264 g/mol. The number of nitrogens with zero attached hydrogens (tertiary/aromatic N) is 3. The minimum atomic E-state index is 0.430. The summed E-state index contributed by atoms with van der Waals surface area (Å²) in [6.07, 6.45) is 3.04. The fourth-order valence-electron chi connectivity index (χ4n) is 2.21. The molecule has 0 aliphatic carbocycles. The lowest BCUT2D eigenvalue weighted by atomic mass is 10.2. The van der Waals surface area contributed by atoms with Gasteiger partial charge >= 0.3 is 0 Å². The minimum Gasteiger partial charge on any atom is -0.383 e. The molecule has 1 rings (SSSR count). The van der Waals surface area contributed by atoms with Gasteiger partial charge in [0.15, 0.2) is 0 Å². The van der Waals surface area contributed by atoms with E-state index >= 15 is 0 Å². The Morgan fingerprint density at radius 3 is 2.62 bits per heavy atom. The normalized spacial score (nSPS) is 12.2. The standard InChI is InChI=1S/C16H30N4O/c1-6-9-14-18-15(17-8-3)12-16(19-14)20(10-11-21-5)13(4)7-2/h12-13H,6-11H2,1-5H3,(H,17,18,19). The molecule has 1 atom stereocenters. The van der Waals surface area contributed by atoms with Crippen LogP contribution < -0.4 is 10.2 Å². The number of ether oxygens (including phenoxy) is 1. The predicted octanol–water partition coefficient (Wildman–Crippen LogP) is 3.11. The van der Waals surface area contributed by atoms with Gasteiger partial charge in [0.2, 0.25) is 0 Å². The summed E-state index contributed by atoms with van der Waals surface area (Å²) in [5, 5.41) is 3.31. The molecule has 1 unspecified atom stereocenters. The van der Waals surface area contributed by atoms with Crippen molar-refractivity contribution in [1.82, 2.24) is 9.97 Å². The second-order valence-corrected chi connectivity index (χ2v) is 5.25. The topological polar surface area (TPSA) is 50.3 Å². The maximum atomic E-state index is 5.24. The van der Waals surface area contributed by atoms with Gasteiger partial charge in [-0.1, -0.05) is 13.8 Å². The number of hydrogen-bond donors (Lipinski definition) is 1. The molecule has 1 N–H and O–H groups in total. The molecule has 1 heterocycles. The summed E-state index contributed by atoms with van der Waals surface area (Å²) >= 11 is 0. The lowest BCUT2D eigenvalue weighted by Crippen LogP contribution is -2.36. The molecule has 0 bridgehead atoms. The van der Waals surface area contributed by atoms with Gasteiger partial charge in [-0.2, -0.15) is 0 Å². The first kappa shape index (κ1) is 17.7. The minimum absolute atomic E-state index is 0.430. The molecule has 0 saturated carbocycles. The third kappa shape index (κ3) is 5.50. The van der Waals surface area contributed by atoms with E-state index in [0.717, 1.165) is 49.8 Å². The summed E-state index contributed by atoms with van der Waals surface area (Å²) in [6, 6.07) is 2.48. The van der Waals surface area contributed by atoms with E-state index in [4.69, 9.17) is 9.72 Å². The van der Waals surface area contributed by atoms with Crippen LogP contribution in [0.5, 0.6) is 0 Å². The molecule has 0 spiro atoms. The summed E-state index contributed by atoms with van der Waals surface area (Å²) in [6.45, 7) is 11.1. The van der Waals surface area contributed by atoms with Crippen molar-refractivity contribution in [2.75, 3.05) is 37.0 Å². The van der Waals surface area contributed by atoms with Gasteiger partial charge in [-0.15, -0.1) is 0 Å². The zero-order valence-corrected chi connectivity index (χ0v) is 14.1. The average Bonchev–Trinajstić information content (AvgIpc) is 2.48. The molecule has 5 nitrogen and oxygen atoms in total. The molecule has 5 heteroatoms. The zero-order chi connectivity index (χ0) is 15.7. The highest BCUT2D eigenvalue weighted by atomic mass is 16.5. The van der Waals surface area contributed by atoms with Crippen molar-refractivity contribution in [2.45, 2.75) is 53.0 Å². The van der Waals surface area contributed by atoms with E-state index in [9.17, 15) is 0 Å². The Morgan fingerprint density at radius 2 is 2.05 bits per heavy atom. The van der Waals surface area contributed by atoms with Gasteiger partial charge in [-0.3, -0.25) is 0 Å². The van der Waals surface area contributed by atoms with Crippen LogP contribution in [0.4, 0.5) is 11.6 Å². The fourth-order valence-corrected chi connectivity index (χ4v) is 2.21. The van der Waals surface area contributed by atoms with Crippen LogP contribution in [0.25, 0.3) is 0 Å². The van der Waals surface area contributed by atoms with Crippen molar-refractivity contribution >= 4 is 11.6 Å². The van der Waals surface area contributed by atoms with E-state index in [1.54, 1.807) is 7.11 Å². The van der Waals surface area contributed by atoms with Crippen molar-refractivity contribution in [3.8, 4) is 0 Å². The average molecular weight is 294 g/mol. The van der Waals surface area contributed by atoms with Gasteiger partial charge in [0.25, 0.3) is 0 Å². The highest BCUT2D eigenvalue weighted by Crippen LogP contribution is 2.20. The number of rotatable bonds is 10. The van der Waals surface area contributed by atoms with E-state index in [-0.39, 0.29) is 0 Å². The number of methoxy groups -OCH3 is 1. The maximum Gasteiger partial charge on any atom is 0.134 e. The first-order valence-corrected chi connectivity index (χ1v) is 8.03. The van der Waals surface area contributed by atoms with Crippen LogP contribution in [0.3, 0.4) is 0 Å². The lowest BCUT2D eigenvalue weighted by molar-refractivity contribution is 0.203. The zero-order valence-electron chi connectivity index (χ0n) is 14.1. The van der Waals surface area contributed by atoms with Crippen LogP contribution in [-0.2, 0) is 11.2 Å². The Kier molecular flexibility index (Phi) is 8.05. The first-order chi connectivity index (χ1) is 10.2. The number of nitrogens with one attached hydrogen (secondary N) is 1. The van der Waals surface area contributed by atoms with E-state index in [1.165, 1.54) is 0 Å². The molecule has 0 amide bonds. The van der Waals surface area contributed by atoms with Crippen LogP contribution in [0, 0.1) is 0 Å². The number of hydrogen-bond acceptors (Lipinski definition) is 5. The van der Waals surface area contributed by atoms with E-state index in [2.05, 4.69) is 42.9 Å². The Hall–Kier alpha value is -1.36. The molecule has 0 aliphatic heterocycles. The smallest absolute Gasteiger partial charge is 0.134 e. The van der Waals surface area contributed by atoms with Crippen molar-refractivity contribution in [2.24, 2.45) is 0 Å². The summed E-state index contributed by atoms with van der Waals surface area (Å²) in [5.41, 5.74) is 0. The SMILES string of the molecule is CCCc1nc(NCC)cc(N(CCOC)C(C)CC)n1. The van der Waals surface area contributed by atoms with Crippen molar-refractivity contribution in [1.29, 1.82) is 0 Å². The first-order valence-electron chi connectivity index (χ1n) is 8.03. The second kappa shape index (κ2) is 9.55. The molecule has 0 radical (unpaired) electrons. The van der Waals surface area contributed by atoms with Crippen molar-refractivity contribution in [3.05, 3.63) is 11.9 Å². The highest BCUT2D eigenvalue weighted by molar-refractivity contribution is 5.50. The monoisotopic (exact) mass is 294 g/mol. The largest absolute Gasteiger partial charge is 0.383 e. The Bertz CT molecular complexity index is 387. The second-order valence-electron chi connectivity index (χ2n) is 5.25. The molecule has 0 aliphatic rings. The Labute approximate surface area is 129 Å². The third-order valence-electron chi connectivity index (χ3n) is 3.54. The van der Waals surface area contributed by atoms with Crippen LogP contribution in [0.1, 0.15) is 46.4 Å². The van der Waals surface area contributed by atoms with E-state index in [1.807, 2.05) is 6.07 Å². The van der Waals surface area contributed by atoms with Crippen molar-refractivity contribution in [3.63, 3.8) is 0 Å². The summed E-state index contributed by atoms with van der Waals surface area (Å²) in [4.78, 5) is 11.6. The van der Waals surface area contributed by atoms with Gasteiger partial charge in [0, 0.05) is 38.7 Å². The molecule has 0 saturated heterocycles. The van der Waals surface area contributed by atoms with E-state index in [0.29, 0.717) is 12.6 Å². The summed E-state index contributed by atoms with van der Waals surface area (Å²) < 4.78 is 5.24. The van der Waals surface area contributed by atoms with Crippen LogP contribution in [-0.4, -0.2) is 42.8 Å². The molecule has 0 aromatic carbocycles. The third-order valence-corrected chi connectivity index (χ3v) is 3.54. The fraction of sp³-hybridized carbons (Fsp3) is 0.750. The van der Waals surface area contributed by atoms with Crippen LogP contribution in [0.15, 0.2) is 6.07 Å². The van der Waals surface area contributed by atoms with Gasteiger partial charge in [0.05, 0.1) is 6.61 Å². The molecule has 0 fully saturated rings. The Balaban J connectivity index is 3.08. The molecule has 1 aromatic rings. The molecule has 120 valence electrons. The van der Waals surface area contributed by atoms with Crippen LogP contribution >= 0.6 is 0 Å². The van der Waals surface area contributed by atoms with E-state index < -0.39 is 0 Å². The number of aryl methyl sites for hydroxylation is 1. The van der Waals surface area contributed by atoms with Gasteiger partial charge in [-0.05, 0) is 26.7 Å². The number of anilines is 2. The van der Waals surface area contributed by atoms with Gasteiger partial charge < -0.3 is 15.0 Å². The maximum absolute atomic E-state index is 5.24. The number of aromatic nitrogens is 2. The van der Waals surface area contributed by atoms with Gasteiger partial charge in [0.1, 0.15) is 17.5 Å².